The van der Waals surface area contributed by atoms with Crippen LogP contribution in [0.1, 0.15) is 42.4 Å². The number of anilines is 1. The zero-order valence-corrected chi connectivity index (χ0v) is 14.6. The van der Waals surface area contributed by atoms with E-state index in [0.717, 1.165) is 23.4 Å². The maximum absolute atomic E-state index is 12.4. The van der Waals surface area contributed by atoms with E-state index >= 15 is 0 Å². The van der Waals surface area contributed by atoms with E-state index in [-0.39, 0.29) is 24.3 Å². The van der Waals surface area contributed by atoms with E-state index < -0.39 is 0 Å². The molecule has 0 saturated carbocycles. The molecule has 126 valence electrons. The molecule has 1 unspecified atom stereocenters. The van der Waals surface area contributed by atoms with Crippen LogP contribution in [0.4, 0.5) is 5.13 Å². The summed E-state index contributed by atoms with van der Waals surface area (Å²) in [5.41, 5.74) is 2.26. The minimum absolute atomic E-state index is 0.00788. The summed E-state index contributed by atoms with van der Waals surface area (Å²) in [5, 5.41) is 12.2. The third kappa shape index (κ3) is 3.46. The van der Waals surface area contributed by atoms with Crippen molar-refractivity contribution in [3.8, 4) is 0 Å². The number of amides is 2. The van der Waals surface area contributed by atoms with E-state index in [1.807, 2.05) is 25.1 Å². The minimum atomic E-state index is -0.231. The van der Waals surface area contributed by atoms with Crippen LogP contribution in [-0.2, 0) is 22.4 Å². The fourth-order valence-electron chi connectivity index (χ4n) is 3.04. The predicted molar refractivity (Wildman–Crippen MR) is 92.8 cm³/mol. The third-order valence-corrected chi connectivity index (χ3v) is 5.19. The fraction of sp³-hybridized carbons (Fsp3) is 0.412. The molecule has 1 N–H and O–H groups in total. The van der Waals surface area contributed by atoms with Crippen LogP contribution in [0.2, 0.25) is 0 Å². The summed E-state index contributed by atoms with van der Waals surface area (Å²) in [4.78, 5) is 26.2. The van der Waals surface area contributed by atoms with E-state index in [1.54, 1.807) is 11.8 Å². The lowest BCUT2D eigenvalue weighted by molar-refractivity contribution is -0.132. The molecule has 2 amide bonds. The van der Waals surface area contributed by atoms with Gasteiger partial charge in [-0.15, -0.1) is 10.2 Å². The van der Waals surface area contributed by atoms with Crippen LogP contribution < -0.4 is 5.32 Å². The highest BCUT2D eigenvalue weighted by Gasteiger charge is 2.30. The number of carbonyl (C=O) groups is 2. The Balaban J connectivity index is 1.77. The Morgan fingerprint density at radius 2 is 2.12 bits per heavy atom. The van der Waals surface area contributed by atoms with Crippen molar-refractivity contribution >= 4 is 28.3 Å². The summed E-state index contributed by atoms with van der Waals surface area (Å²) in [6.07, 6.45) is 1.84. The highest BCUT2D eigenvalue weighted by atomic mass is 32.1. The van der Waals surface area contributed by atoms with Gasteiger partial charge in [-0.25, -0.2) is 0 Å². The maximum Gasteiger partial charge on any atom is 0.228 e. The van der Waals surface area contributed by atoms with Gasteiger partial charge in [0, 0.05) is 13.5 Å². The van der Waals surface area contributed by atoms with Crippen molar-refractivity contribution in [3.05, 3.63) is 40.4 Å². The first-order valence-corrected chi connectivity index (χ1v) is 8.87. The van der Waals surface area contributed by atoms with Gasteiger partial charge in [-0.05, 0) is 24.0 Å². The van der Waals surface area contributed by atoms with Gasteiger partial charge >= 0.3 is 0 Å². The van der Waals surface area contributed by atoms with Crippen molar-refractivity contribution in [2.24, 2.45) is 0 Å². The van der Waals surface area contributed by atoms with Crippen LogP contribution in [0.25, 0.3) is 0 Å². The molecule has 1 aromatic carbocycles. The van der Waals surface area contributed by atoms with E-state index in [1.165, 1.54) is 16.9 Å². The molecule has 0 spiro atoms. The zero-order valence-electron chi connectivity index (χ0n) is 13.8. The van der Waals surface area contributed by atoms with Crippen molar-refractivity contribution in [3.63, 3.8) is 0 Å². The number of nitrogens with one attached hydrogen (secondary N) is 1. The summed E-state index contributed by atoms with van der Waals surface area (Å²) < 4.78 is 0. The molecule has 24 heavy (non-hydrogen) atoms. The Labute approximate surface area is 144 Å². The second-order valence-electron chi connectivity index (χ2n) is 5.78. The molecule has 1 aliphatic heterocycles. The summed E-state index contributed by atoms with van der Waals surface area (Å²) in [7, 11) is 0. The lowest BCUT2D eigenvalue weighted by Crippen LogP contribution is -2.40. The summed E-state index contributed by atoms with van der Waals surface area (Å²) >= 11 is 1.38. The Morgan fingerprint density at radius 3 is 2.83 bits per heavy atom. The van der Waals surface area contributed by atoms with E-state index in [0.29, 0.717) is 11.7 Å². The Bertz CT molecular complexity index is 759. The molecule has 0 radical (unpaired) electrons. The first-order valence-electron chi connectivity index (χ1n) is 8.05. The molecule has 0 fully saturated rings. The van der Waals surface area contributed by atoms with Crippen LogP contribution in [0.15, 0.2) is 24.3 Å². The quantitative estimate of drug-likeness (QED) is 0.925. The average Bonchev–Trinajstić information content (AvgIpc) is 3.02. The maximum atomic E-state index is 12.4. The average molecular weight is 344 g/mol. The third-order valence-electron chi connectivity index (χ3n) is 4.21. The largest absolute Gasteiger partial charge is 0.335 e. The molecular formula is C17H20N4O2S. The lowest BCUT2D eigenvalue weighted by Gasteiger charge is -2.36. The number of aromatic nitrogens is 2. The van der Waals surface area contributed by atoms with E-state index in [4.69, 9.17) is 0 Å². The van der Waals surface area contributed by atoms with Gasteiger partial charge < -0.3 is 10.2 Å². The summed E-state index contributed by atoms with van der Waals surface area (Å²) in [6, 6.07) is 7.78. The van der Waals surface area contributed by atoms with Gasteiger partial charge in [0.1, 0.15) is 5.01 Å². The molecule has 2 aromatic rings. The Hall–Kier alpha value is -2.28. The first-order chi connectivity index (χ1) is 11.6. The van der Waals surface area contributed by atoms with Crippen LogP contribution >= 0.6 is 11.3 Å². The molecule has 1 atom stereocenters. The van der Waals surface area contributed by atoms with Gasteiger partial charge in [0.2, 0.25) is 16.9 Å². The lowest BCUT2D eigenvalue weighted by atomic mass is 9.90. The van der Waals surface area contributed by atoms with Crippen LogP contribution in [0.3, 0.4) is 0 Å². The smallest absolute Gasteiger partial charge is 0.228 e. The molecule has 0 aliphatic carbocycles. The van der Waals surface area contributed by atoms with Crippen molar-refractivity contribution in [1.82, 2.24) is 15.1 Å². The molecular weight excluding hydrogens is 324 g/mol. The monoisotopic (exact) mass is 344 g/mol. The molecule has 0 saturated heterocycles. The molecule has 7 heteroatoms. The summed E-state index contributed by atoms with van der Waals surface area (Å²) in [5.74, 6) is -0.159. The SMILES string of the molecule is CCc1nnc(NC(=O)CC2c3ccccc3CCN2C(C)=O)s1. The fourth-order valence-corrected chi connectivity index (χ4v) is 3.74. The Kier molecular flexibility index (Phi) is 4.89. The van der Waals surface area contributed by atoms with Crippen molar-refractivity contribution in [2.45, 2.75) is 39.2 Å². The first kappa shape index (κ1) is 16.6. The van der Waals surface area contributed by atoms with Crippen LogP contribution in [0, 0.1) is 0 Å². The van der Waals surface area contributed by atoms with Gasteiger partial charge in [0.25, 0.3) is 0 Å². The number of benzene rings is 1. The molecule has 6 nitrogen and oxygen atoms in total. The van der Waals surface area contributed by atoms with Gasteiger partial charge in [0.15, 0.2) is 0 Å². The number of aryl methyl sites for hydroxylation is 1. The number of hydrogen-bond acceptors (Lipinski definition) is 5. The van der Waals surface area contributed by atoms with Gasteiger partial charge in [-0.2, -0.15) is 0 Å². The normalized spacial score (nSPS) is 16.6. The van der Waals surface area contributed by atoms with Crippen LogP contribution in [0.5, 0.6) is 0 Å². The highest BCUT2D eigenvalue weighted by molar-refractivity contribution is 7.15. The number of nitrogens with zero attached hydrogens (tertiary/aromatic N) is 3. The summed E-state index contributed by atoms with van der Waals surface area (Å²) in [6.45, 7) is 4.19. The van der Waals surface area contributed by atoms with Gasteiger partial charge in [-0.3, -0.25) is 9.59 Å². The topological polar surface area (TPSA) is 75.2 Å². The highest BCUT2D eigenvalue weighted by Crippen LogP contribution is 2.32. The molecule has 2 heterocycles. The van der Waals surface area contributed by atoms with Crippen molar-refractivity contribution < 1.29 is 9.59 Å². The standard InChI is InChI=1S/C17H20N4O2S/c1-3-16-19-20-17(24-16)18-15(23)10-14-13-7-5-4-6-12(13)8-9-21(14)11(2)22/h4-7,14H,3,8-10H2,1-2H3,(H,18,20,23). The van der Waals surface area contributed by atoms with Crippen LogP contribution in [-0.4, -0.2) is 33.5 Å². The second-order valence-corrected chi connectivity index (χ2v) is 6.85. The predicted octanol–water partition coefficient (Wildman–Crippen LogP) is 2.58. The molecule has 1 aromatic heterocycles. The number of carbonyl (C=O) groups excluding carboxylic acids is 2. The molecule has 0 bridgehead atoms. The zero-order chi connectivity index (χ0) is 17.1. The Morgan fingerprint density at radius 1 is 1.33 bits per heavy atom. The molecule has 1 aliphatic rings. The van der Waals surface area contributed by atoms with E-state index in [2.05, 4.69) is 21.6 Å². The van der Waals surface area contributed by atoms with Crippen molar-refractivity contribution in [2.75, 3.05) is 11.9 Å². The van der Waals surface area contributed by atoms with Crippen molar-refractivity contribution in [1.29, 1.82) is 0 Å². The number of hydrogen-bond donors (Lipinski definition) is 1. The minimum Gasteiger partial charge on any atom is -0.335 e. The molecule has 3 rings (SSSR count). The number of fused-ring (bicyclic) bond motifs is 1. The number of rotatable bonds is 4. The van der Waals surface area contributed by atoms with Gasteiger partial charge in [0.05, 0.1) is 12.5 Å². The second kappa shape index (κ2) is 7.09. The van der Waals surface area contributed by atoms with Gasteiger partial charge in [-0.1, -0.05) is 42.5 Å². The van der Waals surface area contributed by atoms with E-state index in [9.17, 15) is 9.59 Å².